The zero-order chi connectivity index (χ0) is 23.3. The van der Waals surface area contributed by atoms with Crippen LogP contribution in [0.5, 0.6) is 11.5 Å². The summed E-state index contributed by atoms with van der Waals surface area (Å²) in [5.41, 5.74) is 2.92. The summed E-state index contributed by atoms with van der Waals surface area (Å²) in [5, 5.41) is 18.1. The Hall–Kier alpha value is -4.24. The molecule has 0 saturated heterocycles. The highest BCUT2D eigenvalue weighted by Crippen LogP contribution is 2.26. The number of carbonyl (C=O) groups is 1. The molecule has 3 heterocycles. The van der Waals surface area contributed by atoms with Crippen molar-refractivity contribution in [3.63, 3.8) is 0 Å². The molecule has 1 N–H and O–H groups in total. The number of fused-ring (bicyclic) bond motifs is 1. The van der Waals surface area contributed by atoms with Gasteiger partial charge in [0.15, 0.2) is 18.1 Å². The van der Waals surface area contributed by atoms with E-state index >= 15 is 0 Å². The van der Waals surface area contributed by atoms with Gasteiger partial charge in [-0.15, -0.1) is 21.5 Å². The van der Waals surface area contributed by atoms with E-state index in [0.29, 0.717) is 35.3 Å². The maximum absolute atomic E-state index is 12.5. The molecular formula is C25H21N5O3S. The van der Waals surface area contributed by atoms with Gasteiger partial charge in [0.25, 0.3) is 5.91 Å². The molecule has 3 aromatic heterocycles. The Balaban J connectivity index is 1.30. The van der Waals surface area contributed by atoms with Crippen LogP contribution in [-0.2, 0) is 4.79 Å². The van der Waals surface area contributed by atoms with Gasteiger partial charge < -0.3 is 14.8 Å². The fourth-order valence-electron chi connectivity index (χ4n) is 3.42. The third kappa shape index (κ3) is 4.74. The zero-order valence-corrected chi connectivity index (χ0v) is 19.2. The van der Waals surface area contributed by atoms with Crippen molar-refractivity contribution in [3.8, 4) is 33.5 Å². The van der Waals surface area contributed by atoms with Crippen molar-refractivity contribution in [2.75, 3.05) is 18.5 Å². The molecule has 0 aliphatic rings. The standard InChI is InChI=1S/C25H21N5O3S/c1-2-32-19-8-4-9-20(15-19)33-16-24(31)26-18-7-3-6-17(14-18)21-11-12-23-27-28-25(30(23)29-21)22-10-5-13-34-22/h3-15H,2,16H2,1H3,(H,26,31). The van der Waals surface area contributed by atoms with Crippen LogP contribution in [0.15, 0.2) is 78.2 Å². The van der Waals surface area contributed by atoms with Crippen LogP contribution in [0.1, 0.15) is 6.92 Å². The Bertz CT molecular complexity index is 1430. The highest BCUT2D eigenvalue weighted by Gasteiger charge is 2.12. The average Bonchev–Trinajstić information content (AvgIpc) is 3.53. The molecule has 0 aliphatic carbocycles. The number of rotatable bonds is 8. The monoisotopic (exact) mass is 471 g/mol. The van der Waals surface area contributed by atoms with Crippen molar-refractivity contribution < 1.29 is 14.3 Å². The molecule has 34 heavy (non-hydrogen) atoms. The molecule has 0 fully saturated rings. The second-order valence-electron chi connectivity index (χ2n) is 7.32. The fraction of sp³-hybridized carbons (Fsp3) is 0.120. The summed E-state index contributed by atoms with van der Waals surface area (Å²) in [6, 6.07) is 22.4. The molecule has 5 rings (SSSR count). The predicted molar refractivity (Wildman–Crippen MR) is 131 cm³/mol. The van der Waals surface area contributed by atoms with Crippen LogP contribution in [0.3, 0.4) is 0 Å². The van der Waals surface area contributed by atoms with E-state index in [1.807, 2.05) is 73.0 Å². The number of anilines is 1. The number of nitrogens with zero attached hydrogens (tertiary/aromatic N) is 4. The van der Waals surface area contributed by atoms with Crippen LogP contribution in [-0.4, -0.2) is 38.9 Å². The van der Waals surface area contributed by atoms with Crippen LogP contribution in [0, 0.1) is 0 Å². The summed E-state index contributed by atoms with van der Waals surface area (Å²) in [5.74, 6) is 1.71. The lowest BCUT2D eigenvalue weighted by Gasteiger charge is -2.10. The van der Waals surface area contributed by atoms with Crippen molar-refractivity contribution in [3.05, 3.63) is 78.2 Å². The summed E-state index contributed by atoms with van der Waals surface area (Å²) in [7, 11) is 0. The third-order valence-corrected chi connectivity index (χ3v) is 5.80. The molecule has 0 saturated carbocycles. The van der Waals surface area contributed by atoms with Gasteiger partial charge in [0.1, 0.15) is 11.5 Å². The number of hydrogen-bond donors (Lipinski definition) is 1. The SMILES string of the molecule is CCOc1cccc(OCC(=O)Nc2cccc(-c3ccc4nnc(-c5cccs5)n4n3)c2)c1. The maximum atomic E-state index is 12.5. The number of aromatic nitrogens is 4. The minimum absolute atomic E-state index is 0.116. The third-order valence-electron chi connectivity index (χ3n) is 4.93. The van der Waals surface area contributed by atoms with E-state index in [1.165, 1.54) is 0 Å². The van der Waals surface area contributed by atoms with E-state index in [9.17, 15) is 4.79 Å². The minimum Gasteiger partial charge on any atom is -0.494 e. The quantitative estimate of drug-likeness (QED) is 0.345. The number of nitrogens with one attached hydrogen (secondary N) is 1. The predicted octanol–water partition coefficient (Wildman–Crippen LogP) is 4.94. The van der Waals surface area contributed by atoms with Crippen LogP contribution in [0.4, 0.5) is 5.69 Å². The van der Waals surface area contributed by atoms with Crippen LogP contribution in [0.25, 0.3) is 27.6 Å². The van der Waals surface area contributed by atoms with E-state index in [2.05, 4.69) is 15.5 Å². The van der Waals surface area contributed by atoms with Crippen molar-refractivity contribution in [2.45, 2.75) is 6.92 Å². The smallest absolute Gasteiger partial charge is 0.262 e. The van der Waals surface area contributed by atoms with E-state index in [-0.39, 0.29) is 12.5 Å². The van der Waals surface area contributed by atoms with Gasteiger partial charge in [0.2, 0.25) is 0 Å². The first-order valence-corrected chi connectivity index (χ1v) is 11.6. The van der Waals surface area contributed by atoms with Gasteiger partial charge in [0, 0.05) is 17.3 Å². The first kappa shape index (κ1) is 21.6. The maximum Gasteiger partial charge on any atom is 0.262 e. The summed E-state index contributed by atoms with van der Waals surface area (Å²) in [4.78, 5) is 13.4. The largest absolute Gasteiger partial charge is 0.494 e. The molecule has 1 amide bonds. The Kier molecular flexibility index (Phi) is 6.17. The number of amides is 1. The summed E-state index contributed by atoms with van der Waals surface area (Å²) < 4.78 is 12.8. The first-order valence-electron chi connectivity index (χ1n) is 10.7. The Morgan fingerprint density at radius 1 is 0.971 bits per heavy atom. The lowest BCUT2D eigenvalue weighted by molar-refractivity contribution is -0.118. The van der Waals surface area contributed by atoms with E-state index in [0.717, 1.165) is 16.1 Å². The molecule has 0 atom stereocenters. The van der Waals surface area contributed by atoms with Crippen LogP contribution < -0.4 is 14.8 Å². The molecule has 0 bridgehead atoms. The molecule has 8 nitrogen and oxygen atoms in total. The van der Waals surface area contributed by atoms with Gasteiger partial charge in [-0.25, -0.2) is 0 Å². The lowest BCUT2D eigenvalue weighted by atomic mass is 10.1. The molecule has 0 aliphatic heterocycles. The van der Waals surface area contributed by atoms with Gasteiger partial charge in [-0.3, -0.25) is 4.79 Å². The molecule has 170 valence electrons. The van der Waals surface area contributed by atoms with Gasteiger partial charge in [-0.05, 0) is 54.8 Å². The average molecular weight is 472 g/mol. The van der Waals surface area contributed by atoms with Crippen LogP contribution >= 0.6 is 11.3 Å². The van der Waals surface area contributed by atoms with Gasteiger partial charge >= 0.3 is 0 Å². The highest BCUT2D eigenvalue weighted by molar-refractivity contribution is 7.13. The zero-order valence-electron chi connectivity index (χ0n) is 18.3. The van der Waals surface area contributed by atoms with Crippen molar-refractivity contribution in [2.24, 2.45) is 0 Å². The normalized spacial score (nSPS) is 10.9. The summed E-state index contributed by atoms with van der Waals surface area (Å²) in [6.45, 7) is 2.36. The molecule has 2 aromatic carbocycles. The number of hydrogen-bond acceptors (Lipinski definition) is 7. The number of benzene rings is 2. The number of ether oxygens (including phenoxy) is 2. The molecular weight excluding hydrogens is 450 g/mol. The lowest BCUT2D eigenvalue weighted by Crippen LogP contribution is -2.20. The molecule has 0 unspecified atom stereocenters. The molecule has 0 spiro atoms. The van der Waals surface area contributed by atoms with Crippen LogP contribution in [0.2, 0.25) is 0 Å². The molecule has 9 heteroatoms. The van der Waals surface area contributed by atoms with E-state index in [1.54, 1.807) is 28.0 Å². The van der Waals surface area contributed by atoms with Crippen molar-refractivity contribution in [1.29, 1.82) is 0 Å². The molecule has 5 aromatic rings. The second-order valence-corrected chi connectivity index (χ2v) is 8.26. The number of thiophene rings is 1. The van der Waals surface area contributed by atoms with Gasteiger partial charge in [-0.2, -0.15) is 9.61 Å². The fourth-order valence-corrected chi connectivity index (χ4v) is 4.12. The van der Waals surface area contributed by atoms with Crippen molar-refractivity contribution in [1.82, 2.24) is 19.8 Å². The van der Waals surface area contributed by atoms with Gasteiger partial charge in [-0.1, -0.05) is 24.3 Å². The second kappa shape index (κ2) is 9.72. The van der Waals surface area contributed by atoms with Crippen molar-refractivity contribution >= 4 is 28.6 Å². The first-order chi connectivity index (χ1) is 16.7. The Morgan fingerprint density at radius 3 is 2.65 bits per heavy atom. The molecule has 0 radical (unpaired) electrons. The summed E-state index contributed by atoms with van der Waals surface area (Å²) in [6.07, 6.45) is 0. The van der Waals surface area contributed by atoms with E-state index < -0.39 is 0 Å². The van der Waals surface area contributed by atoms with E-state index in [4.69, 9.17) is 14.6 Å². The van der Waals surface area contributed by atoms with Gasteiger partial charge in [0.05, 0.1) is 17.2 Å². The topological polar surface area (TPSA) is 90.6 Å². The highest BCUT2D eigenvalue weighted by atomic mass is 32.1. The Labute approximate surface area is 199 Å². The Morgan fingerprint density at radius 2 is 1.82 bits per heavy atom. The number of carbonyl (C=O) groups excluding carboxylic acids is 1. The minimum atomic E-state index is -0.263. The summed E-state index contributed by atoms with van der Waals surface area (Å²) >= 11 is 1.58.